The summed E-state index contributed by atoms with van der Waals surface area (Å²) in [4.78, 5) is 0. The summed E-state index contributed by atoms with van der Waals surface area (Å²) in [6, 6.07) is 0. The van der Waals surface area contributed by atoms with Gasteiger partial charge in [0.05, 0.1) is 0 Å². The molecule has 0 aromatic rings. The summed E-state index contributed by atoms with van der Waals surface area (Å²) in [5.41, 5.74) is 0. The minimum absolute atomic E-state index is 0.897. The minimum Gasteiger partial charge on any atom is -0.0651 e. The van der Waals surface area contributed by atoms with E-state index in [1.54, 1.807) is 0 Å². The van der Waals surface area contributed by atoms with Crippen molar-refractivity contribution in [1.29, 1.82) is 0 Å². The summed E-state index contributed by atoms with van der Waals surface area (Å²) in [5.74, 6) is 1.85. The maximum Gasteiger partial charge on any atom is -0.0445 e. The average molecular weight is 409 g/mol. The molecule has 0 aliphatic rings. The number of unbranched alkanes of at least 4 members (excludes halogenated alkanes) is 19. The molecule has 0 saturated carbocycles. The lowest BCUT2D eigenvalue weighted by atomic mass is 9.99. The van der Waals surface area contributed by atoms with Gasteiger partial charge >= 0.3 is 0 Å². The second-order valence-electron chi connectivity index (χ2n) is 10.6. The molecule has 0 aromatic heterocycles. The fraction of sp³-hybridized carbons (Fsp3) is 1.00. The molecule has 0 N–H and O–H groups in total. The predicted molar refractivity (Wildman–Crippen MR) is 136 cm³/mol. The lowest BCUT2D eigenvalue weighted by Gasteiger charge is -2.07. The van der Waals surface area contributed by atoms with Gasteiger partial charge in [-0.05, 0) is 11.8 Å². The van der Waals surface area contributed by atoms with Gasteiger partial charge in [-0.25, -0.2) is 0 Å². The summed E-state index contributed by atoms with van der Waals surface area (Å²) in [6.45, 7) is 9.41. The molecule has 0 saturated heterocycles. The van der Waals surface area contributed by atoms with Crippen molar-refractivity contribution in [2.45, 2.75) is 175 Å². The Kier molecular flexibility index (Phi) is 24.3. The molecule has 29 heavy (non-hydrogen) atoms. The van der Waals surface area contributed by atoms with Crippen molar-refractivity contribution in [2.24, 2.45) is 11.8 Å². The van der Waals surface area contributed by atoms with E-state index in [0.717, 1.165) is 11.8 Å². The van der Waals surface area contributed by atoms with Crippen LogP contribution in [0.3, 0.4) is 0 Å². The maximum absolute atomic E-state index is 2.40. The highest BCUT2D eigenvalue weighted by atomic mass is 14.0. The standard InChI is InChI=1S/C29H60/c1-5-29(4)27-25-23-21-19-17-15-13-11-9-7-6-8-10-12-14-16-18-20-22-24-26-28(2)3/h28-29H,5-27H2,1-4H3. The van der Waals surface area contributed by atoms with Crippen molar-refractivity contribution in [1.82, 2.24) is 0 Å². The van der Waals surface area contributed by atoms with E-state index in [-0.39, 0.29) is 0 Å². The van der Waals surface area contributed by atoms with Gasteiger partial charge in [0.1, 0.15) is 0 Å². The zero-order valence-corrected chi connectivity index (χ0v) is 21.4. The van der Waals surface area contributed by atoms with Gasteiger partial charge in [-0.2, -0.15) is 0 Å². The molecule has 0 bridgehead atoms. The Hall–Kier alpha value is 0. The van der Waals surface area contributed by atoms with Crippen LogP contribution in [0.15, 0.2) is 0 Å². The van der Waals surface area contributed by atoms with Crippen LogP contribution >= 0.6 is 0 Å². The third-order valence-electron chi connectivity index (χ3n) is 6.93. The second-order valence-corrected chi connectivity index (χ2v) is 10.6. The van der Waals surface area contributed by atoms with Gasteiger partial charge in [-0.1, -0.05) is 175 Å². The van der Waals surface area contributed by atoms with Crippen LogP contribution in [-0.2, 0) is 0 Å². The number of rotatable bonds is 24. The van der Waals surface area contributed by atoms with Gasteiger partial charge in [0.25, 0.3) is 0 Å². The van der Waals surface area contributed by atoms with Crippen molar-refractivity contribution >= 4 is 0 Å². The highest BCUT2D eigenvalue weighted by Crippen LogP contribution is 2.17. The van der Waals surface area contributed by atoms with Gasteiger partial charge in [0, 0.05) is 0 Å². The highest BCUT2D eigenvalue weighted by molar-refractivity contribution is 4.53. The smallest absolute Gasteiger partial charge is 0.0445 e. The summed E-state index contributed by atoms with van der Waals surface area (Å²) < 4.78 is 0. The molecule has 0 aliphatic heterocycles. The Balaban J connectivity index is 3.02. The zero-order valence-electron chi connectivity index (χ0n) is 21.4. The molecular weight excluding hydrogens is 348 g/mol. The lowest BCUT2D eigenvalue weighted by Crippen LogP contribution is -1.91. The summed E-state index contributed by atoms with van der Waals surface area (Å²) in [6.07, 6.45) is 33.9. The predicted octanol–water partition coefficient (Wildman–Crippen LogP) is 11.3. The molecule has 0 nitrogen and oxygen atoms in total. The Morgan fingerprint density at radius 1 is 0.345 bits per heavy atom. The van der Waals surface area contributed by atoms with Crippen LogP contribution < -0.4 is 0 Å². The summed E-state index contributed by atoms with van der Waals surface area (Å²) in [5, 5.41) is 0. The van der Waals surface area contributed by atoms with Crippen LogP contribution in [0.1, 0.15) is 175 Å². The van der Waals surface area contributed by atoms with Gasteiger partial charge in [-0.15, -0.1) is 0 Å². The Morgan fingerprint density at radius 2 is 0.586 bits per heavy atom. The SMILES string of the molecule is CCC(C)CCCCCCCCCCCCCCCCCCCCCCC(C)C. The highest BCUT2D eigenvalue weighted by Gasteiger charge is 1.99. The third kappa shape index (κ3) is 26.0. The fourth-order valence-corrected chi connectivity index (χ4v) is 4.43. The van der Waals surface area contributed by atoms with E-state index in [0.29, 0.717) is 0 Å². The molecule has 1 unspecified atom stereocenters. The van der Waals surface area contributed by atoms with Crippen LogP contribution in [0.25, 0.3) is 0 Å². The minimum atomic E-state index is 0.897. The van der Waals surface area contributed by atoms with E-state index in [9.17, 15) is 0 Å². The van der Waals surface area contributed by atoms with E-state index in [1.165, 1.54) is 148 Å². The first kappa shape index (κ1) is 29.0. The van der Waals surface area contributed by atoms with Crippen LogP contribution in [0.5, 0.6) is 0 Å². The van der Waals surface area contributed by atoms with E-state index in [2.05, 4.69) is 27.7 Å². The molecule has 0 amide bonds. The molecular formula is C29H60. The monoisotopic (exact) mass is 408 g/mol. The van der Waals surface area contributed by atoms with Crippen LogP contribution in [-0.4, -0.2) is 0 Å². The van der Waals surface area contributed by atoms with Crippen LogP contribution in [0.4, 0.5) is 0 Å². The summed E-state index contributed by atoms with van der Waals surface area (Å²) in [7, 11) is 0. The van der Waals surface area contributed by atoms with Crippen molar-refractivity contribution in [3.05, 3.63) is 0 Å². The third-order valence-corrected chi connectivity index (χ3v) is 6.93. The first-order valence-corrected chi connectivity index (χ1v) is 14.2. The Labute approximate surface area is 187 Å². The molecule has 0 aliphatic carbocycles. The van der Waals surface area contributed by atoms with Gasteiger partial charge in [0.2, 0.25) is 0 Å². The van der Waals surface area contributed by atoms with E-state index < -0.39 is 0 Å². The molecule has 176 valence electrons. The maximum atomic E-state index is 2.40. The molecule has 0 rings (SSSR count). The van der Waals surface area contributed by atoms with Crippen molar-refractivity contribution in [3.8, 4) is 0 Å². The summed E-state index contributed by atoms with van der Waals surface area (Å²) >= 11 is 0. The van der Waals surface area contributed by atoms with E-state index in [1.807, 2.05) is 0 Å². The molecule has 0 heterocycles. The van der Waals surface area contributed by atoms with Gasteiger partial charge < -0.3 is 0 Å². The van der Waals surface area contributed by atoms with Crippen molar-refractivity contribution in [3.63, 3.8) is 0 Å². The molecule has 0 radical (unpaired) electrons. The quantitative estimate of drug-likeness (QED) is 0.139. The molecule has 0 heteroatoms. The molecule has 0 fully saturated rings. The van der Waals surface area contributed by atoms with E-state index >= 15 is 0 Å². The van der Waals surface area contributed by atoms with Crippen LogP contribution in [0.2, 0.25) is 0 Å². The first-order chi connectivity index (χ1) is 14.2. The van der Waals surface area contributed by atoms with Gasteiger partial charge in [0.15, 0.2) is 0 Å². The first-order valence-electron chi connectivity index (χ1n) is 14.2. The zero-order chi connectivity index (χ0) is 21.4. The Bertz CT molecular complexity index is 280. The Morgan fingerprint density at radius 3 is 0.828 bits per heavy atom. The number of hydrogen-bond acceptors (Lipinski definition) is 0. The normalized spacial score (nSPS) is 12.7. The number of hydrogen-bond donors (Lipinski definition) is 0. The van der Waals surface area contributed by atoms with Crippen molar-refractivity contribution < 1.29 is 0 Å². The van der Waals surface area contributed by atoms with Crippen molar-refractivity contribution in [2.75, 3.05) is 0 Å². The molecule has 0 spiro atoms. The lowest BCUT2D eigenvalue weighted by molar-refractivity contribution is 0.468. The average Bonchev–Trinajstić information content (AvgIpc) is 2.71. The molecule has 0 aromatic carbocycles. The van der Waals surface area contributed by atoms with Gasteiger partial charge in [-0.3, -0.25) is 0 Å². The van der Waals surface area contributed by atoms with E-state index in [4.69, 9.17) is 0 Å². The topological polar surface area (TPSA) is 0 Å². The second kappa shape index (κ2) is 24.3. The largest absolute Gasteiger partial charge is 0.0651 e. The van der Waals surface area contributed by atoms with Crippen LogP contribution in [0, 0.1) is 11.8 Å². The fourth-order valence-electron chi connectivity index (χ4n) is 4.43. The molecule has 1 atom stereocenters.